The smallest absolute Gasteiger partial charge is 0.290 e. The molecule has 0 radical (unpaired) electrons. The van der Waals surface area contributed by atoms with Crippen molar-refractivity contribution >= 4 is 5.91 Å². The summed E-state index contributed by atoms with van der Waals surface area (Å²) in [5.74, 6) is 1.17. The molecular formula is C19H20N2O5. The molecule has 7 nitrogen and oxygen atoms in total. The van der Waals surface area contributed by atoms with Gasteiger partial charge in [-0.15, -0.1) is 0 Å². The van der Waals surface area contributed by atoms with Crippen LogP contribution >= 0.6 is 0 Å². The fourth-order valence-electron chi connectivity index (χ4n) is 2.54. The summed E-state index contributed by atoms with van der Waals surface area (Å²) >= 11 is 0. The van der Waals surface area contributed by atoms with Crippen LogP contribution in [-0.2, 0) is 17.8 Å². The highest BCUT2D eigenvalue weighted by molar-refractivity contribution is 5.91. The molecule has 0 saturated heterocycles. The second kappa shape index (κ2) is 8.35. The van der Waals surface area contributed by atoms with E-state index < -0.39 is 0 Å². The molecule has 0 fully saturated rings. The SMILES string of the molecule is COCCN(Cc1ccco1)C(=O)c1ccc(Cn2ccccc2=O)o1. The first-order valence-corrected chi connectivity index (χ1v) is 8.22. The van der Waals surface area contributed by atoms with Crippen LogP contribution in [0.15, 0.2) is 68.6 Å². The fourth-order valence-corrected chi connectivity index (χ4v) is 2.54. The predicted molar refractivity (Wildman–Crippen MR) is 93.8 cm³/mol. The molecule has 7 heteroatoms. The van der Waals surface area contributed by atoms with Gasteiger partial charge in [0.05, 0.1) is 26.0 Å². The molecule has 0 N–H and O–H groups in total. The van der Waals surface area contributed by atoms with Crippen LogP contribution in [0, 0.1) is 0 Å². The van der Waals surface area contributed by atoms with Gasteiger partial charge in [-0.05, 0) is 30.3 Å². The molecule has 26 heavy (non-hydrogen) atoms. The molecule has 0 spiro atoms. The summed E-state index contributed by atoms with van der Waals surface area (Å²) in [6, 6.07) is 11.8. The van der Waals surface area contributed by atoms with Crippen molar-refractivity contribution in [2.75, 3.05) is 20.3 Å². The van der Waals surface area contributed by atoms with Crippen LogP contribution in [0.5, 0.6) is 0 Å². The van der Waals surface area contributed by atoms with Gasteiger partial charge in [0.25, 0.3) is 11.5 Å². The molecule has 0 aliphatic heterocycles. The summed E-state index contributed by atoms with van der Waals surface area (Å²) in [6.45, 7) is 1.40. The first-order valence-electron chi connectivity index (χ1n) is 8.22. The van der Waals surface area contributed by atoms with E-state index in [1.807, 2.05) is 6.07 Å². The molecule has 0 atom stereocenters. The molecule has 0 aliphatic carbocycles. The van der Waals surface area contributed by atoms with Crippen LogP contribution in [0.3, 0.4) is 0 Å². The van der Waals surface area contributed by atoms with Crippen LogP contribution in [0.2, 0.25) is 0 Å². The van der Waals surface area contributed by atoms with E-state index in [1.54, 1.807) is 54.8 Å². The minimum atomic E-state index is -0.259. The van der Waals surface area contributed by atoms with Crippen molar-refractivity contribution in [1.82, 2.24) is 9.47 Å². The fraction of sp³-hybridized carbons (Fsp3) is 0.263. The van der Waals surface area contributed by atoms with Gasteiger partial charge in [-0.1, -0.05) is 6.07 Å². The van der Waals surface area contributed by atoms with Gasteiger partial charge in [0, 0.05) is 25.9 Å². The molecule has 1 amide bonds. The van der Waals surface area contributed by atoms with Crippen molar-refractivity contribution < 1.29 is 18.4 Å². The average molecular weight is 356 g/mol. The highest BCUT2D eigenvalue weighted by atomic mass is 16.5. The maximum absolute atomic E-state index is 12.8. The van der Waals surface area contributed by atoms with Gasteiger partial charge in [0.1, 0.15) is 11.5 Å². The van der Waals surface area contributed by atoms with Crippen molar-refractivity contribution in [3.8, 4) is 0 Å². The van der Waals surface area contributed by atoms with Crippen LogP contribution in [0.1, 0.15) is 22.1 Å². The van der Waals surface area contributed by atoms with E-state index in [2.05, 4.69) is 0 Å². The summed E-state index contributed by atoms with van der Waals surface area (Å²) in [5.41, 5.74) is -0.128. The Balaban J connectivity index is 1.73. The summed E-state index contributed by atoms with van der Waals surface area (Å²) < 4.78 is 17.6. The van der Waals surface area contributed by atoms with Gasteiger partial charge in [-0.25, -0.2) is 0 Å². The number of ether oxygens (including phenoxy) is 1. The maximum atomic E-state index is 12.8. The Hall–Kier alpha value is -3.06. The molecule has 0 unspecified atom stereocenters. The molecule has 3 heterocycles. The third-order valence-electron chi connectivity index (χ3n) is 3.88. The molecule has 0 saturated carbocycles. The standard InChI is InChI=1S/C19H20N2O5/c1-24-12-10-21(13-15-5-4-11-25-15)19(23)17-8-7-16(26-17)14-20-9-3-2-6-18(20)22/h2-9,11H,10,12-14H2,1H3. The predicted octanol–water partition coefficient (Wildman–Crippen LogP) is 2.37. The first kappa shape index (κ1) is 17.8. The lowest BCUT2D eigenvalue weighted by Crippen LogP contribution is -2.33. The lowest BCUT2D eigenvalue weighted by Gasteiger charge is -2.20. The van der Waals surface area contributed by atoms with E-state index in [0.29, 0.717) is 31.2 Å². The number of carbonyl (C=O) groups is 1. The Bertz CT molecular complexity index is 895. The Kier molecular flexibility index (Phi) is 5.70. The molecule has 136 valence electrons. The number of hydrogen-bond donors (Lipinski definition) is 0. The summed E-state index contributed by atoms with van der Waals surface area (Å²) in [7, 11) is 1.58. The lowest BCUT2D eigenvalue weighted by molar-refractivity contribution is 0.0633. The summed E-state index contributed by atoms with van der Waals surface area (Å²) in [4.78, 5) is 26.2. The highest BCUT2D eigenvalue weighted by Crippen LogP contribution is 2.14. The van der Waals surface area contributed by atoms with Crippen molar-refractivity contribution in [3.63, 3.8) is 0 Å². The number of hydrogen-bond acceptors (Lipinski definition) is 5. The Labute approximate surface area is 150 Å². The minimum Gasteiger partial charge on any atom is -0.467 e. The van der Waals surface area contributed by atoms with Crippen molar-refractivity contribution in [2.45, 2.75) is 13.1 Å². The van der Waals surface area contributed by atoms with Crippen molar-refractivity contribution in [2.24, 2.45) is 0 Å². The number of methoxy groups -OCH3 is 1. The topological polar surface area (TPSA) is 77.8 Å². The lowest BCUT2D eigenvalue weighted by atomic mass is 10.3. The number of rotatable bonds is 8. The van der Waals surface area contributed by atoms with E-state index in [9.17, 15) is 9.59 Å². The maximum Gasteiger partial charge on any atom is 0.290 e. The Morgan fingerprint density at radius 2 is 2.04 bits per heavy atom. The number of amides is 1. The molecule has 3 rings (SSSR count). The number of furan rings is 2. The van der Waals surface area contributed by atoms with E-state index in [-0.39, 0.29) is 23.8 Å². The average Bonchev–Trinajstić information content (AvgIpc) is 3.32. The molecule has 0 bridgehead atoms. The molecule has 0 aliphatic rings. The third kappa shape index (κ3) is 4.31. The monoisotopic (exact) mass is 356 g/mol. The van der Waals surface area contributed by atoms with E-state index >= 15 is 0 Å². The number of nitrogens with zero attached hydrogens (tertiary/aromatic N) is 2. The van der Waals surface area contributed by atoms with Crippen LogP contribution in [-0.4, -0.2) is 35.6 Å². The van der Waals surface area contributed by atoms with Gasteiger partial charge in [0.2, 0.25) is 0 Å². The van der Waals surface area contributed by atoms with Crippen molar-refractivity contribution in [1.29, 1.82) is 0 Å². The highest BCUT2D eigenvalue weighted by Gasteiger charge is 2.20. The Morgan fingerprint density at radius 1 is 1.15 bits per heavy atom. The van der Waals surface area contributed by atoms with E-state index in [0.717, 1.165) is 0 Å². The normalized spacial score (nSPS) is 10.8. The number of aromatic nitrogens is 1. The first-order chi connectivity index (χ1) is 12.7. The van der Waals surface area contributed by atoms with Gasteiger partial charge in [0.15, 0.2) is 5.76 Å². The summed E-state index contributed by atoms with van der Waals surface area (Å²) in [6.07, 6.45) is 3.24. The second-order valence-corrected chi connectivity index (χ2v) is 5.73. The second-order valence-electron chi connectivity index (χ2n) is 5.73. The number of carbonyl (C=O) groups excluding carboxylic acids is 1. The van der Waals surface area contributed by atoms with Gasteiger partial charge >= 0.3 is 0 Å². The van der Waals surface area contributed by atoms with Crippen LogP contribution < -0.4 is 5.56 Å². The van der Waals surface area contributed by atoms with Gasteiger partial charge in [-0.3, -0.25) is 9.59 Å². The quantitative estimate of drug-likeness (QED) is 0.619. The number of pyridine rings is 1. The molecular weight excluding hydrogens is 336 g/mol. The van der Waals surface area contributed by atoms with Gasteiger partial charge < -0.3 is 23.0 Å². The molecule has 0 aromatic carbocycles. The van der Waals surface area contributed by atoms with Gasteiger partial charge in [-0.2, -0.15) is 0 Å². The summed E-state index contributed by atoms with van der Waals surface area (Å²) in [5, 5.41) is 0. The molecule has 3 aromatic heterocycles. The zero-order chi connectivity index (χ0) is 18.4. The zero-order valence-electron chi connectivity index (χ0n) is 14.5. The van der Waals surface area contributed by atoms with Crippen LogP contribution in [0.25, 0.3) is 0 Å². The Morgan fingerprint density at radius 3 is 2.77 bits per heavy atom. The molecule has 3 aromatic rings. The van der Waals surface area contributed by atoms with Crippen LogP contribution in [0.4, 0.5) is 0 Å². The van der Waals surface area contributed by atoms with Crippen molar-refractivity contribution in [3.05, 3.63) is 82.6 Å². The van der Waals surface area contributed by atoms with E-state index in [4.69, 9.17) is 13.6 Å². The minimum absolute atomic E-state index is 0.128. The zero-order valence-corrected chi connectivity index (χ0v) is 14.5. The largest absolute Gasteiger partial charge is 0.467 e. The van der Waals surface area contributed by atoms with E-state index in [1.165, 1.54) is 10.6 Å². The third-order valence-corrected chi connectivity index (χ3v) is 3.88.